The molecule has 0 unspecified atom stereocenters. The van der Waals surface area contributed by atoms with Crippen molar-refractivity contribution in [3.05, 3.63) is 65.7 Å². The molecule has 30 heavy (non-hydrogen) atoms. The quantitative estimate of drug-likeness (QED) is 0.744. The van der Waals surface area contributed by atoms with Crippen LogP contribution in [0.25, 0.3) is 0 Å². The van der Waals surface area contributed by atoms with Crippen LogP contribution in [-0.4, -0.2) is 43.2 Å². The van der Waals surface area contributed by atoms with Gasteiger partial charge in [0, 0.05) is 19.0 Å². The third kappa shape index (κ3) is 5.53. The first-order valence-electron chi connectivity index (χ1n) is 10.6. The molecule has 6 nitrogen and oxygen atoms in total. The summed E-state index contributed by atoms with van der Waals surface area (Å²) in [5, 5.41) is 3.23. The van der Waals surface area contributed by atoms with Crippen LogP contribution in [0.1, 0.15) is 43.9 Å². The molecule has 2 amide bonds. The molecule has 1 heterocycles. The standard InChI is InChI=1S/C24H30N2O4/c1-3-29-21-12-10-19(11-13-21)22(18-8-6-5-7-9-18)25-23(27)20-14-16-26(17-15-20)24(28)30-4-2/h5-13,20,22H,3-4,14-17H2,1-2H3,(H,25,27)/t22-/m0/s1. The van der Waals surface area contributed by atoms with Crippen molar-refractivity contribution >= 4 is 12.0 Å². The molecule has 1 N–H and O–H groups in total. The number of rotatable bonds is 7. The summed E-state index contributed by atoms with van der Waals surface area (Å²) in [7, 11) is 0. The number of ether oxygens (including phenoxy) is 2. The highest BCUT2D eigenvalue weighted by Crippen LogP contribution is 2.26. The van der Waals surface area contributed by atoms with Gasteiger partial charge >= 0.3 is 6.09 Å². The fourth-order valence-electron chi connectivity index (χ4n) is 3.73. The van der Waals surface area contributed by atoms with E-state index in [9.17, 15) is 9.59 Å². The largest absolute Gasteiger partial charge is 0.494 e. The van der Waals surface area contributed by atoms with Crippen molar-refractivity contribution in [3.63, 3.8) is 0 Å². The van der Waals surface area contributed by atoms with Gasteiger partial charge in [0.05, 0.1) is 19.3 Å². The molecule has 2 aromatic carbocycles. The number of carbonyl (C=O) groups excluding carboxylic acids is 2. The molecule has 2 aromatic rings. The lowest BCUT2D eigenvalue weighted by Gasteiger charge is -2.31. The molecule has 1 atom stereocenters. The Morgan fingerprint density at radius 1 is 0.967 bits per heavy atom. The van der Waals surface area contributed by atoms with E-state index < -0.39 is 0 Å². The minimum absolute atomic E-state index is 0.0150. The highest BCUT2D eigenvalue weighted by atomic mass is 16.6. The van der Waals surface area contributed by atoms with Gasteiger partial charge < -0.3 is 19.7 Å². The SMILES string of the molecule is CCOC(=O)N1CCC(C(=O)N[C@@H](c2ccccc2)c2ccc(OCC)cc2)CC1. The van der Waals surface area contributed by atoms with E-state index in [0.29, 0.717) is 39.1 Å². The molecule has 1 aliphatic heterocycles. The van der Waals surface area contributed by atoms with Crippen LogP contribution in [0.5, 0.6) is 5.75 Å². The molecule has 0 radical (unpaired) electrons. The van der Waals surface area contributed by atoms with Crippen LogP contribution in [-0.2, 0) is 9.53 Å². The molecule has 6 heteroatoms. The van der Waals surface area contributed by atoms with Gasteiger partial charge in [-0.3, -0.25) is 4.79 Å². The number of likely N-dealkylation sites (tertiary alicyclic amines) is 1. The zero-order chi connectivity index (χ0) is 21.3. The van der Waals surface area contributed by atoms with Crippen LogP contribution in [0, 0.1) is 5.92 Å². The summed E-state index contributed by atoms with van der Waals surface area (Å²) in [5.41, 5.74) is 2.03. The molecule has 160 valence electrons. The lowest BCUT2D eigenvalue weighted by Crippen LogP contribution is -2.44. The Hall–Kier alpha value is -3.02. The molecule has 0 aliphatic carbocycles. The molecule has 0 bridgehead atoms. The fourth-order valence-corrected chi connectivity index (χ4v) is 3.73. The minimum atomic E-state index is -0.298. The molecule has 3 rings (SSSR count). The topological polar surface area (TPSA) is 67.9 Å². The summed E-state index contributed by atoms with van der Waals surface area (Å²) >= 11 is 0. The third-order valence-corrected chi connectivity index (χ3v) is 5.34. The van der Waals surface area contributed by atoms with Gasteiger partial charge in [0.1, 0.15) is 5.75 Å². The van der Waals surface area contributed by atoms with Crippen LogP contribution >= 0.6 is 0 Å². The number of nitrogens with one attached hydrogen (secondary N) is 1. The number of benzene rings is 2. The van der Waals surface area contributed by atoms with Crippen molar-refractivity contribution < 1.29 is 19.1 Å². The van der Waals surface area contributed by atoms with Crippen molar-refractivity contribution in [1.82, 2.24) is 10.2 Å². The predicted octanol–water partition coefficient (Wildman–Crippen LogP) is 4.16. The summed E-state index contributed by atoms with van der Waals surface area (Å²) in [4.78, 5) is 26.6. The monoisotopic (exact) mass is 410 g/mol. The van der Waals surface area contributed by atoms with E-state index >= 15 is 0 Å². The maximum atomic E-state index is 13.1. The van der Waals surface area contributed by atoms with Crippen molar-refractivity contribution in [1.29, 1.82) is 0 Å². The first kappa shape index (κ1) is 21.7. The van der Waals surface area contributed by atoms with Gasteiger partial charge in [0.2, 0.25) is 5.91 Å². The fraction of sp³-hybridized carbons (Fsp3) is 0.417. The minimum Gasteiger partial charge on any atom is -0.494 e. The number of amides is 2. The first-order chi connectivity index (χ1) is 14.6. The first-order valence-corrected chi connectivity index (χ1v) is 10.6. The molecule has 0 saturated carbocycles. The maximum absolute atomic E-state index is 13.1. The van der Waals surface area contributed by atoms with E-state index in [0.717, 1.165) is 16.9 Å². The lowest BCUT2D eigenvalue weighted by molar-refractivity contribution is -0.126. The number of piperidine rings is 1. The number of nitrogens with zero attached hydrogens (tertiary/aromatic N) is 1. The summed E-state index contributed by atoms with van der Waals surface area (Å²) in [6.07, 6.45) is 0.970. The van der Waals surface area contributed by atoms with Gasteiger partial charge in [0.15, 0.2) is 0 Å². The summed E-state index contributed by atoms with van der Waals surface area (Å²) in [6, 6.07) is 17.6. The highest BCUT2D eigenvalue weighted by Gasteiger charge is 2.29. The Bertz CT molecular complexity index is 815. The Balaban J connectivity index is 1.69. The molecule has 0 spiro atoms. The number of carbonyl (C=O) groups is 2. The van der Waals surface area contributed by atoms with Crippen molar-refractivity contribution in [2.45, 2.75) is 32.7 Å². The second kappa shape index (κ2) is 10.7. The van der Waals surface area contributed by atoms with Gasteiger partial charge in [0.25, 0.3) is 0 Å². The molecule has 1 saturated heterocycles. The van der Waals surface area contributed by atoms with Crippen LogP contribution in [0.3, 0.4) is 0 Å². The Morgan fingerprint density at radius 2 is 1.60 bits per heavy atom. The zero-order valence-electron chi connectivity index (χ0n) is 17.7. The smallest absolute Gasteiger partial charge is 0.409 e. The maximum Gasteiger partial charge on any atom is 0.409 e. The average molecular weight is 411 g/mol. The lowest BCUT2D eigenvalue weighted by atomic mass is 9.93. The van der Waals surface area contributed by atoms with E-state index in [4.69, 9.17) is 9.47 Å². The van der Waals surface area contributed by atoms with E-state index in [1.54, 1.807) is 11.8 Å². The average Bonchev–Trinajstić information content (AvgIpc) is 2.79. The van der Waals surface area contributed by atoms with Crippen LogP contribution in [0.4, 0.5) is 4.79 Å². The van der Waals surface area contributed by atoms with Crippen molar-refractivity contribution in [3.8, 4) is 5.75 Å². The second-order valence-electron chi connectivity index (χ2n) is 7.31. The molecular weight excluding hydrogens is 380 g/mol. The normalized spacial score (nSPS) is 15.3. The number of hydrogen-bond donors (Lipinski definition) is 1. The summed E-state index contributed by atoms with van der Waals surface area (Å²) in [5.74, 6) is 0.705. The highest BCUT2D eigenvalue weighted by molar-refractivity contribution is 5.80. The Labute approximate surface area is 178 Å². The second-order valence-corrected chi connectivity index (χ2v) is 7.31. The van der Waals surface area contributed by atoms with Crippen LogP contribution < -0.4 is 10.1 Å². The molecule has 1 fully saturated rings. The van der Waals surface area contributed by atoms with Gasteiger partial charge in [-0.05, 0) is 49.9 Å². The van der Waals surface area contributed by atoms with E-state index in [-0.39, 0.29) is 24.0 Å². The summed E-state index contributed by atoms with van der Waals surface area (Å²) < 4.78 is 10.6. The number of hydrogen-bond acceptors (Lipinski definition) is 4. The van der Waals surface area contributed by atoms with Gasteiger partial charge in [-0.25, -0.2) is 4.79 Å². The van der Waals surface area contributed by atoms with Crippen molar-refractivity contribution in [2.24, 2.45) is 5.92 Å². The Kier molecular flexibility index (Phi) is 7.71. The van der Waals surface area contributed by atoms with Crippen LogP contribution in [0.2, 0.25) is 0 Å². The predicted molar refractivity (Wildman–Crippen MR) is 115 cm³/mol. The van der Waals surface area contributed by atoms with E-state index in [2.05, 4.69) is 5.32 Å². The molecule has 1 aliphatic rings. The van der Waals surface area contributed by atoms with Gasteiger partial charge in [-0.1, -0.05) is 42.5 Å². The van der Waals surface area contributed by atoms with Crippen LogP contribution in [0.15, 0.2) is 54.6 Å². The van der Waals surface area contributed by atoms with E-state index in [1.165, 1.54) is 0 Å². The Morgan fingerprint density at radius 3 is 2.20 bits per heavy atom. The molecule has 0 aromatic heterocycles. The molecular formula is C24H30N2O4. The van der Waals surface area contributed by atoms with Gasteiger partial charge in [-0.15, -0.1) is 0 Å². The van der Waals surface area contributed by atoms with Crippen molar-refractivity contribution in [2.75, 3.05) is 26.3 Å². The van der Waals surface area contributed by atoms with E-state index in [1.807, 2.05) is 61.5 Å². The summed E-state index contributed by atoms with van der Waals surface area (Å²) in [6.45, 7) is 5.80. The van der Waals surface area contributed by atoms with Gasteiger partial charge in [-0.2, -0.15) is 0 Å². The third-order valence-electron chi connectivity index (χ3n) is 5.34. The zero-order valence-corrected chi connectivity index (χ0v) is 17.7.